The zero-order chi connectivity index (χ0) is 22.6. The second-order valence-corrected chi connectivity index (χ2v) is 7.21. The first kappa shape index (κ1) is 23.1. The second-order valence-electron chi connectivity index (χ2n) is 7.21. The SMILES string of the molecule is CC(C)(C)OC(=O)N[C@@H](Cc1ccccc1)C(=O)Oc1c(F)c(F)c(F)c(F)c1F. The van der Waals surface area contributed by atoms with Crippen molar-refractivity contribution in [1.82, 2.24) is 5.32 Å². The molecule has 10 heteroatoms. The maximum atomic E-state index is 13.8. The van der Waals surface area contributed by atoms with Gasteiger partial charge >= 0.3 is 12.1 Å². The van der Waals surface area contributed by atoms with Crippen molar-refractivity contribution in [3.05, 3.63) is 65.0 Å². The first-order chi connectivity index (χ1) is 13.9. The Balaban J connectivity index is 2.32. The van der Waals surface area contributed by atoms with Crippen LogP contribution >= 0.6 is 0 Å². The molecule has 2 aromatic rings. The summed E-state index contributed by atoms with van der Waals surface area (Å²) < 4.78 is 77.0. The molecule has 1 N–H and O–H groups in total. The molecule has 162 valence electrons. The number of hydrogen-bond acceptors (Lipinski definition) is 4. The van der Waals surface area contributed by atoms with E-state index in [1.165, 1.54) is 0 Å². The minimum absolute atomic E-state index is 0.200. The van der Waals surface area contributed by atoms with Gasteiger partial charge < -0.3 is 14.8 Å². The molecule has 0 bridgehead atoms. The van der Waals surface area contributed by atoms with E-state index in [0.29, 0.717) is 5.56 Å². The van der Waals surface area contributed by atoms with Crippen LogP contribution in [0.1, 0.15) is 26.3 Å². The monoisotopic (exact) mass is 431 g/mol. The number of halogens is 5. The van der Waals surface area contributed by atoms with E-state index < -0.39 is 58.5 Å². The van der Waals surface area contributed by atoms with E-state index in [1.807, 2.05) is 0 Å². The average Bonchev–Trinajstić information content (AvgIpc) is 2.67. The van der Waals surface area contributed by atoms with Gasteiger partial charge in [0.25, 0.3) is 0 Å². The van der Waals surface area contributed by atoms with Gasteiger partial charge in [-0.2, -0.15) is 8.78 Å². The maximum Gasteiger partial charge on any atom is 0.408 e. The summed E-state index contributed by atoms with van der Waals surface area (Å²) >= 11 is 0. The zero-order valence-electron chi connectivity index (χ0n) is 16.2. The number of ether oxygens (including phenoxy) is 2. The van der Waals surface area contributed by atoms with Crippen LogP contribution in [0.15, 0.2) is 30.3 Å². The van der Waals surface area contributed by atoms with Gasteiger partial charge in [-0.25, -0.2) is 22.8 Å². The van der Waals surface area contributed by atoms with Gasteiger partial charge in [-0.05, 0) is 26.3 Å². The van der Waals surface area contributed by atoms with Crippen molar-refractivity contribution in [2.45, 2.75) is 38.8 Å². The predicted molar refractivity (Wildman–Crippen MR) is 95.2 cm³/mol. The first-order valence-electron chi connectivity index (χ1n) is 8.67. The molecular weight excluding hydrogens is 413 g/mol. The molecule has 0 aliphatic carbocycles. The lowest BCUT2D eigenvalue weighted by Gasteiger charge is -2.23. The molecule has 30 heavy (non-hydrogen) atoms. The van der Waals surface area contributed by atoms with Gasteiger partial charge in [0.15, 0.2) is 0 Å². The van der Waals surface area contributed by atoms with Gasteiger partial charge in [-0.3, -0.25) is 0 Å². The Morgan fingerprint density at radius 2 is 1.40 bits per heavy atom. The quantitative estimate of drug-likeness (QED) is 0.250. The average molecular weight is 431 g/mol. The van der Waals surface area contributed by atoms with E-state index in [9.17, 15) is 31.5 Å². The number of nitrogens with one attached hydrogen (secondary N) is 1. The van der Waals surface area contributed by atoms with E-state index in [2.05, 4.69) is 10.1 Å². The minimum Gasteiger partial charge on any atom is -0.444 e. The maximum absolute atomic E-state index is 13.8. The first-order valence-corrected chi connectivity index (χ1v) is 8.67. The molecule has 0 saturated heterocycles. The molecule has 0 radical (unpaired) electrons. The number of alkyl carbamates (subject to hydrolysis) is 1. The third-order valence-corrected chi connectivity index (χ3v) is 3.63. The van der Waals surface area contributed by atoms with E-state index in [0.717, 1.165) is 0 Å². The molecule has 1 amide bonds. The highest BCUT2D eigenvalue weighted by Crippen LogP contribution is 2.29. The number of carbonyl (C=O) groups is 2. The summed E-state index contributed by atoms with van der Waals surface area (Å²) in [6, 6.07) is 6.60. The van der Waals surface area contributed by atoms with Crippen LogP contribution in [0.3, 0.4) is 0 Å². The molecule has 0 saturated carbocycles. The molecular formula is C20H18F5NO4. The van der Waals surface area contributed by atoms with Crippen molar-refractivity contribution >= 4 is 12.1 Å². The molecule has 0 heterocycles. The van der Waals surface area contributed by atoms with Gasteiger partial charge in [0.2, 0.25) is 34.8 Å². The summed E-state index contributed by atoms with van der Waals surface area (Å²) in [6.45, 7) is 4.68. The Morgan fingerprint density at radius 1 is 0.900 bits per heavy atom. The fourth-order valence-electron chi connectivity index (χ4n) is 2.34. The number of amides is 1. The summed E-state index contributed by atoms with van der Waals surface area (Å²) in [4.78, 5) is 24.5. The van der Waals surface area contributed by atoms with Crippen LogP contribution in [-0.2, 0) is 16.0 Å². The fraction of sp³-hybridized carbons (Fsp3) is 0.300. The van der Waals surface area contributed by atoms with Gasteiger partial charge in [-0.1, -0.05) is 30.3 Å². The van der Waals surface area contributed by atoms with E-state index in [4.69, 9.17) is 4.74 Å². The summed E-state index contributed by atoms with van der Waals surface area (Å²) in [5, 5.41) is 2.18. The highest BCUT2D eigenvalue weighted by Gasteiger charge is 2.32. The third kappa shape index (κ3) is 5.68. The van der Waals surface area contributed by atoms with Crippen LogP contribution in [0, 0.1) is 29.1 Å². The van der Waals surface area contributed by atoms with E-state index >= 15 is 0 Å². The fourth-order valence-corrected chi connectivity index (χ4v) is 2.34. The summed E-state index contributed by atoms with van der Waals surface area (Å²) in [7, 11) is 0. The number of rotatable bonds is 5. The Kier molecular flexibility index (Phi) is 7.01. The lowest BCUT2D eigenvalue weighted by atomic mass is 10.1. The summed E-state index contributed by atoms with van der Waals surface area (Å²) in [6.07, 6.45) is -1.24. The minimum atomic E-state index is -2.39. The third-order valence-electron chi connectivity index (χ3n) is 3.63. The van der Waals surface area contributed by atoms with E-state index in [1.54, 1.807) is 51.1 Å². The van der Waals surface area contributed by atoms with Gasteiger partial charge in [0, 0.05) is 6.42 Å². The van der Waals surface area contributed by atoms with Crippen molar-refractivity contribution < 1.29 is 41.0 Å². The number of carbonyl (C=O) groups excluding carboxylic acids is 2. The molecule has 2 aromatic carbocycles. The summed E-state index contributed by atoms with van der Waals surface area (Å²) in [5.74, 6) is -14.8. The Labute approximate surface area is 168 Å². The van der Waals surface area contributed by atoms with Gasteiger partial charge in [0.05, 0.1) is 0 Å². The van der Waals surface area contributed by atoms with Crippen LogP contribution in [0.2, 0.25) is 0 Å². The molecule has 0 aromatic heterocycles. The topological polar surface area (TPSA) is 64.6 Å². The predicted octanol–water partition coefficient (Wildman–Crippen LogP) is 4.42. The molecule has 0 unspecified atom stereocenters. The van der Waals surface area contributed by atoms with Crippen molar-refractivity contribution in [3.63, 3.8) is 0 Å². The normalized spacial score (nSPS) is 12.3. The van der Waals surface area contributed by atoms with Crippen LogP contribution in [-0.4, -0.2) is 23.7 Å². The van der Waals surface area contributed by atoms with Crippen LogP contribution in [0.4, 0.5) is 26.7 Å². The molecule has 0 aliphatic rings. The van der Waals surface area contributed by atoms with Crippen molar-refractivity contribution in [2.75, 3.05) is 0 Å². The van der Waals surface area contributed by atoms with Crippen LogP contribution in [0.25, 0.3) is 0 Å². The lowest BCUT2D eigenvalue weighted by molar-refractivity contribution is -0.137. The molecule has 0 fully saturated rings. The van der Waals surface area contributed by atoms with Crippen LogP contribution < -0.4 is 10.1 Å². The second kappa shape index (κ2) is 9.10. The molecule has 1 atom stereocenters. The number of benzene rings is 2. The Morgan fingerprint density at radius 3 is 1.90 bits per heavy atom. The Hall–Kier alpha value is -3.17. The smallest absolute Gasteiger partial charge is 0.408 e. The number of hydrogen-bond donors (Lipinski definition) is 1. The highest BCUT2D eigenvalue weighted by molar-refractivity contribution is 5.83. The molecule has 2 rings (SSSR count). The molecule has 0 spiro atoms. The van der Waals surface area contributed by atoms with E-state index in [-0.39, 0.29) is 6.42 Å². The highest BCUT2D eigenvalue weighted by atomic mass is 19.2. The van der Waals surface area contributed by atoms with Crippen molar-refractivity contribution in [2.24, 2.45) is 0 Å². The van der Waals surface area contributed by atoms with Crippen molar-refractivity contribution in [3.8, 4) is 5.75 Å². The number of esters is 1. The summed E-state index contributed by atoms with van der Waals surface area (Å²) in [5.41, 5.74) is -0.403. The van der Waals surface area contributed by atoms with Crippen molar-refractivity contribution in [1.29, 1.82) is 0 Å². The lowest BCUT2D eigenvalue weighted by Crippen LogP contribution is -2.46. The zero-order valence-corrected chi connectivity index (χ0v) is 16.2. The standard InChI is InChI=1S/C20H18F5NO4/c1-20(2,3)30-19(28)26-11(9-10-7-5-4-6-8-10)18(27)29-17-15(24)13(22)12(21)14(23)16(17)25/h4-8,11H,9H2,1-3H3,(H,26,28)/t11-/m0/s1. The van der Waals surface area contributed by atoms with Gasteiger partial charge in [0.1, 0.15) is 11.6 Å². The molecule has 5 nitrogen and oxygen atoms in total. The van der Waals surface area contributed by atoms with Crippen LogP contribution in [0.5, 0.6) is 5.75 Å². The molecule has 0 aliphatic heterocycles. The largest absolute Gasteiger partial charge is 0.444 e. The Bertz CT molecular complexity index is 915. The van der Waals surface area contributed by atoms with Gasteiger partial charge in [-0.15, -0.1) is 0 Å².